The van der Waals surface area contributed by atoms with Crippen molar-refractivity contribution in [3.63, 3.8) is 0 Å². The lowest BCUT2D eigenvalue weighted by Gasteiger charge is -2.54. The fourth-order valence-corrected chi connectivity index (χ4v) is 8.75. The van der Waals surface area contributed by atoms with Crippen molar-refractivity contribution in [2.75, 3.05) is 0 Å². The lowest BCUT2D eigenvalue weighted by molar-refractivity contribution is -0.172. The molecule has 7 rings (SSSR count). The van der Waals surface area contributed by atoms with E-state index in [1.54, 1.807) is 4.90 Å². The zero-order valence-electron chi connectivity index (χ0n) is 33.9. The molecule has 58 heavy (non-hydrogen) atoms. The molecule has 0 heterocycles. The molecule has 2 amide bonds. The molecule has 1 aliphatic carbocycles. The molecule has 0 saturated heterocycles. The third-order valence-corrected chi connectivity index (χ3v) is 12.5. The lowest BCUT2D eigenvalue weighted by atomic mass is 9.65. The predicted octanol–water partition coefficient (Wildman–Crippen LogP) is 8.80. The number of primary amides is 1. The molecule has 296 valence electrons. The van der Waals surface area contributed by atoms with Crippen LogP contribution in [0.25, 0.3) is 0 Å². The summed E-state index contributed by atoms with van der Waals surface area (Å²) in [6.45, 7) is 7.99. The van der Waals surface area contributed by atoms with Gasteiger partial charge in [0.1, 0.15) is 16.6 Å². The zero-order valence-corrected chi connectivity index (χ0v) is 33.9. The molecule has 1 saturated carbocycles. The number of aryl methyl sites for hydroxylation is 4. The van der Waals surface area contributed by atoms with Crippen molar-refractivity contribution < 1.29 is 19.8 Å². The van der Waals surface area contributed by atoms with E-state index in [1.165, 1.54) is 0 Å². The molecule has 6 nitrogen and oxygen atoms in total. The number of hydrogen-bond donors (Lipinski definition) is 3. The van der Waals surface area contributed by atoms with Crippen LogP contribution in [0, 0.1) is 33.1 Å². The molecule has 6 aromatic carbocycles. The summed E-state index contributed by atoms with van der Waals surface area (Å²) in [5, 5.41) is 28.1. The molecule has 2 atom stereocenters. The van der Waals surface area contributed by atoms with Crippen molar-refractivity contribution in [3.05, 3.63) is 213 Å². The van der Waals surface area contributed by atoms with Crippen LogP contribution < -0.4 is 5.73 Å². The highest BCUT2D eigenvalue weighted by molar-refractivity contribution is 6.05. The highest BCUT2D eigenvalue weighted by Gasteiger charge is 2.59. The summed E-state index contributed by atoms with van der Waals surface area (Å²) in [7, 11) is 0. The Morgan fingerprint density at radius 2 is 0.828 bits per heavy atom. The molecule has 0 aromatic heterocycles. The van der Waals surface area contributed by atoms with Crippen LogP contribution >= 0.6 is 0 Å². The molecule has 0 radical (unpaired) electrons. The summed E-state index contributed by atoms with van der Waals surface area (Å²) >= 11 is 0. The van der Waals surface area contributed by atoms with Gasteiger partial charge >= 0.3 is 0 Å². The molecular weight excluding hydrogens is 717 g/mol. The van der Waals surface area contributed by atoms with Gasteiger partial charge in [-0.05, 0) is 86.8 Å². The average Bonchev–Trinajstić information content (AvgIpc) is 3.21. The third kappa shape index (κ3) is 7.62. The number of nitrogens with zero attached hydrogens (tertiary/aromatic N) is 1. The first-order valence-electron chi connectivity index (χ1n) is 20.3. The Labute approximate surface area is 343 Å². The van der Waals surface area contributed by atoms with Crippen molar-refractivity contribution in [2.24, 2.45) is 11.1 Å². The quantitative estimate of drug-likeness (QED) is 0.0964. The highest BCUT2D eigenvalue weighted by atomic mass is 16.3. The zero-order chi connectivity index (χ0) is 41.1. The van der Waals surface area contributed by atoms with Gasteiger partial charge in [0.2, 0.25) is 11.8 Å². The number of hydrogen-bond acceptors (Lipinski definition) is 4. The van der Waals surface area contributed by atoms with Gasteiger partial charge in [0.05, 0.1) is 12.1 Å². The number of carbonyl (C=O) groups excluding carboxylic acids is 2. The Morgan fingerprint density at radius 3 is 1.07 bits per heavy atom. The number of benzene rings is 6. The number of carbonyl (C=O) groups is 2. The maximum Gasteiger partial charge on any atom is 0.239 e. The van der Waals surface area contributed by atoms with Gasteiger partial charge in [0, 0.05) is 0 Å². The van der Waals surface area contributed by atoms with Crippen molar-refractivity contribution in [1.82, 2.24) is 4.90 Å². The average molecular weight is 771 g/mol. The minimum Gasteiger partial charge on any atom is -0.378 e. The Kier molecular flexibility index (Phi) is 11.5. The SMILES string of the molecule is Cc1ccc(C(O)(c2ccc(C)cc2)C(Cc2ccccc2)N(C(=O)C2(C(N)=O)CCC2)C(Cc2ccccc2)C(O)(c2ccc(C)cc2)c2ccc(C)cc2)cc1. The molecule has 4 N–H and O–H groups in total. The maximum atomic E-state index is 16.2. The van der Waals surface area contributed by atoms with Crippen molar-refractivity contribution in [2.45, 2.75) is 83.1 Å². The largest absolute Gasteiger partial charge is 0.378 e. The number of nitrogens with two attached hydrogens (primary N) is 1. The predicted molar refractivity (Wildman–Crippen MR) is 231 cm³/mol. The Bertz CT molecular complexity index is 2080. The minimum absolute atomic E-state index is 0.183. The molecule has 0 bridgehead atoms. The van der Waals surface area contributed by atoms with Crippen LogP contribution in [0.5, 0.6) is 0 Å². The summed E-state index contributed by atoms with van der Waals surface area (Å²) < 4.78 is 0. The van der Waals surface area contributed by atoms with Crippen molar-refractivity contribution in [1.29, 1.82) is 0 Å². The molecule has 6 aromatic rings. The van der Waals surface area contributed by atoms with E-state index in [1.807, 2.05) is 185 Å². The third-order valence-electron chi connectivity index (χ3n) is 12.5. The Balaban J connectivity index is 1.62. The van der Waals surface area contributed by atoms with Gasteiger partial charge in [-0.25, -0.2) is 0 Å². The summed E-state index contributed by atoms with van der Waals surface area (Å²) in [6, 6.07) is 48.6. The number of amides is 2. The van der Waals surface area contributed by atoms with E-state index in [2.05, 4.69) is 0 Å². The molecular formula is C52H54N2O4. The summed E-state index contributed by atoms with van der Waals surface area (Å²) in [4.78, 5) is 31.7. The van der Waals surface area contributed by atoms with Crippen LogP contribution in [0.2, 0.25) is 0 Å². The van der Waals surface area contributed by atoms with E-state index in [0.29, 0.717) is 28.7 Å². The molecule has 0 spiro atoms. The fraction of sp³-hybridized carbons (Fsp3) is 0.269. The summed E-state index contributed by atoms with van der Waals surface area (Å²) in [6.07, 6.45) is 1.56. The van der Waals surface area contributed by atoms with E-state index in [-0.39, 0.29) is 25.7 Å². The van der Waals surface area contributed by atoms with Crippen molar-refractivity contribution in [3.8, 4) is 0 Å². The molecule has 0 aliphatic heterocycles. The maximum absolute atomic E-state index is 16.2. The van der Waals surface area contributed by atoms with Crippen LogP contribution in [-0.4, -0.2) is 39.0 Å². The van der Waals surface area contributed by atoms with Crippen LogP contribution in [0.1, 0.15) is 74.9 Å². The second kappa shape index (κ2) is 16.6. The van der Waals surface area contributed by atoms with Gasteiger partial charge in [-0.15, -0.1) is 0 Å². The molecule has 1 fully saturated rings. The van der Waals surface area contributed by atoms with E-state index >= 15 is 4.79 Å². The second-order valence-electron chi connectivity index (χ2n) is 16.4. The summed E-state index contributed by atoms with van der Waals surface area (Å²) in [5.41, 5.74) is 9.16. The second-order valence-corrected chi connectivity index (χ2v) is 16.4. The Hall–Kier alpha value is -5.82. The van der Waals surface area contributed by atoms with Gasteiger partial charge < -0.3 is 20.8 Å². The van der Waals surface area contributed by atoms with Crippen LogP contribution in [-0.2, 0) is 33.6 Å². The number of rotatable bonds is 14. The first-order chi connectivity index (χ1) is 27.9. The first kappa shape index (κ1) is 40.4. The van der Waals surface area contributed by atoms with Gasteiger partial charge in [0.25, 0.3) is 0 Å². The van der Waals surface area contributed by atoms with E-state index in [0.717, 1.165) is 33.4 Å². The van der Waals surface area contributed by atoms with Crippen LogP contribution in [0.3, 0.4) is 0 Å². The minimum atomic E-state index is -1.86. The highest BCUT2D eigenvalue weighted by Crippen LogP contribution is 2.49. The van der Waals surface area contributed by atoms with Gasteiger partial charge in [-0.1, -0.05) is 186 Å². The fourth-order valence-electron chi connectivity index (χ4n) is 8.75. The van der Waals surface area contributed by atoms with E-state index in [4.69, 9.17) is 5.73 Å². The van der Waals surface area contributed by atoms with Gasteiger partial charge in [-0.2, -0.15) is 0 Å². The first-order valence-corrected chi connectivity index (χ1v) is 20.3. The Morgan fingerprint density at radius 1 is 0.534 bits per heavy atom. The molecule has 1 aliphatic rings. The summed E-state index contributed by atoms with van der Waals surface area (Å²) in [5.74, 6) is -1.20. The molecule has 2 unspecified atom stereocenters. The smallest absolute Gasteiger partial charge is 0.239 e. The van der Waals surface area contributed by atoms with Gasteiger partial charge in [-0.3, -0.25) is 9.59 Å². The van der Waals surface area contributed by atoms with E-state index < -0.39 is 40.5 Å². The lowest BCUT2D eigenvalue weighted by Crippen LogP contribution is -2.68. The molecule has 6 heteroatoms. The monoisotopic (exact) mass is 770 g/mol. The normalized spacial score (nSPS) is 14.9. The topological polar surface area (TPSA) is 104 Å². The van der Waals surface area contributed by atoms with Crippen molar-refractivity contribution >= 4 is 11.8 Å². The van der Waals surface area contributed by atoms with Gasteiger partial charge in [0.15, 0.2) is 0 Å². The van der Waals surface area contributed by atoms with Crippen LogP contribution in [0.15, 0.2) is 158 Å². The standard InChI is InChI=1S/C52H54N2O4/c1-36-16-24-42(25-17-36)51(57,43-26-18-37(2)19-27-43)46(34-40-12-7-5-8-13-40)54(49(56)50(48(53)55)32-11-33-50)47(35-41-14-9-6-10-15-41)52(58,44-28-20-38(3)21-29-44)45-30-22-39(4)23-31-45/h5-10,12-31,46-47,57-58H,11,32-35H2,1-4H3,(H2,53,55). The van der Waals surface area contributed by atoms with E-state index in [9.17, 15) is 15.0 Å². The van der Waals surface area contributed by atoms with Crippen LogP contribution in [0.4, 0.5) is 0 Å². The number of aliphatic hydroxyl groups is 2.